The van der Waals surface area contributed by atoms with Crippen LogP contribution in [-0.4, -0.2) is 33.1 Å². The smallest absolute Gasteiger partial charge is 0.262 e. The molecule has 0 saturated carbocycles. The van der Waals surface area contributed by atoms with Crippen LogP contribution < -0.4 is 20.1 Å². The van der Waals surface area contributed by atoms with Crippen LogP contribution in [0.2, 0.25) is 0 Å². The lowest BCUT2D eigenvalue weighted by Gasteiger charge is -2.22. The molecular formula is C23H23N3O5S. The quantitative estimate of drug-likeness (QED) is 0.516. The minimum Gasteiger partial charge on any atom is -0.484 e. The fraction of sp³-hybridized carbons (Fsp3) is 0.130. The molecule has 0 aliphatic carbocycles. The number of hydrogen-bond donors (Lipinski definition) is 2. The molecule has 0 atom stereocenters. The van der Waals surface area contributed by atoms with E-state index >= 15 is 0 Å². The third-order valence-corrected chi connectivity index (χ3v) is 5.66. The van der Waals surface area contributed by atoms with Crippen LogP contribution in [0.3, 0.4) is 0 Å². The zero-order valence-corrected chi connectivity index (χ0v) is 18.2. The molecule has 0 unspecified atom stereocenters. The molecule has 0 aliphatic rings. The summed E-state index contributed by atoms with van der Waals surface area (Å²) in [6.45, 7) is -0.0342. The van der Waals surface area contributed by atoms with Gasteiger partial charge in [-0.2, -0.15) is 0 Å². The van der Waals surface area contributed by atoms with Crippen molar-refractivity contribution in [3.63, 3.8) is 0 Å². The number of hydrogen-bond acceptors (Lipinski definition) is 5. The number of amides is 2. The second kappa shape index (κ2) is 9.97. The monoisotopic (exact) mass is 453 g/mol. The number of benzene rings is 3. The lowest BCUT2D eigenvalue weighted by Crippen LogP contribution is -2.29. The Morgan fingerprint density at radius 1 is 0.938 bits per heavy atom. The fourth-order valence-corrected chi connectivity index (χ4v) is 3.81. The van der Waals surface area contributed by atoms with E-state index in [9.17, 15) is 18.0 Å². The first-order chi connectivity index (χ1) is 15.2. The SMILES string of the molecule is CS(=O)(=O)N(Cc1ccccc1)c1ccc(OCC(=O)Nc2ccc(C(N)=O)cc2)cc1. The van der Waals surface area contributed by atoms with E-state index in [2.05, 4.69) is 5.32 Å². The molecular weight excluding hydrogens is 430 g/mol. The molecule has 0 heterocycles. The first-order valence-corrected chi connectivity index (χ1v) is 11.5. The van der Waals surface area contributed by atoms with Gasteiger partial charge in [0.15, 0.2) is 6.61 Å². The molecule has 9 heteroatoms. The molecule has 0 radical (unpaired) electrons. The number of ether oxygens (including phenoxy) is 1. The number of primary amides is 1. The van der Waals surface area contributed by atoms with E-state index in [0.29, 0.717) is 22.7 Å². The van der Waals surface area contributed by atoms with Crippen molar-refractivity contribution in [2.24, 2.45) is 5.73 Å². The van der Waals surface area contributed by atoms with Crippen LogP contribution in [0.4, 0.5) is 11.4 Å². The van der Waals surface area contributed by atoms with Crippen LogP contribution >= 0.6 is 0 Å². The van der Waals surface area contributed by atoms with E-state index in [0.717, 1.165) is 11.8 Å². The molecule has 0 spiro atoms. The van der Waals surface area contributed by atoms with E-state index in [1.165, 1.54) is 16.4 Å². The van der Waals surface area contributed by atoms with Gasteiger partial charge in [-0.15, -0.1) is 0 Å². The van der Waals surface area contributed by atoms with E-state index < -0.39 is 15.9 Å². The summed E-state index contributed by atoms with van der Waals surface area (Å²) < 4.78 is 31.4. The molecule has 3 aromatic carbocycles. The largest absolute Gasteiger partial charge is 0.484 e. The van der Waals surface area contributed by atoms with Gasteiger partial charge in [0.05, 0.1) is 18.5 Å². The summed E-state index contributed by atoms with van der Waals surface area (Å²) in [6, 6.07) is 21.9. The fourth-order valence-electron chi connectivity index (χ4n) is 2.92. The van der Waals surface area contributed by atoms with E-state index in [1.807, 2.05) is 30.3 Å². The topological polar surface area (TPSA) is 119 Å². The molecule has 3 rings (SSSR count). The molecule has 166 valence electrons. The molecule has 0 saturated heterocycles. The number of anilines is 2. The van der Waals surface area contributed by atoms with Crippen molar-refractivity contribution in [2.45, 2.75) is 6.54 Å². The van der Waals surface area contributed by atoms with E-state index in [4.69, 9.17) is 10.5 Å². The second-order valence-corrected chi connectivity index (χ2v) is 8.93. The van der Waals surface area contributed by atoms with Crippen molar-refractivity contribution in [1.82, 2.24) is 0 Å². The highest BCUT2D eigenvalue weighted by molar-refractivity contribution is 7.92. The highest BCUT2D eigenvalue weighted by atomic mass is 32.2. The number of carbonyl (C=O) groups excluding carboxylic acids is 2. The van der Waals surface area contributed by atoms with E-state index in [1.54, 1.807) is 36.4 Å². The Kier molecular flexibility index (Phi) is 7.11. The van der Waals surface area contributed by atoms with Gasteiger partial charge in [-0.1, -0.05) is 30.3 Å². The molecule has 0 fully saturated rings. The summed E-state index contributed by atoms with van der Waals surface area (Å²) in [6.07, 6.45) is 1.15. The Balaban J connectivity index is 1.60. The third kappa shape index (κ3) is 6.32. The van der Waals surface area contributed by atoms with Gasteiger partial charge in [0.1, 0.15) is 5.75 Å². The van der Waals surface area contributed by atoms with Crippen LogP contribution in [0.5, 0.6) is 5.75 Å². The molecule has 8 nitrogen and oxygen atoms in total. The van der Waals surface area contributed by atoms with Gasteiger partial charge in [-0.05, 0) is 54.1 Å². The zero-order valence-electron chi connectivity index (χ0n) is 17.4. The van der Waals surface area contributed by atoms with Gasteiger partial charge in [0, 0.05) is 11.3 Å². The molecule has 32 heavy (non-hydrogen) atoms. The highest BCUT2D eigenvalue weighted by Crippen LogP contribution is 2.23. The van der Waals surface area contributed by atoms with Gasteiger partial charge in [0.2, 0.25) is 15.9 Å². The van der Waals surface area contributed by atoms with Gasteiger partial charge >= 0.3 is 0 Å². The lowest BCUT2D eigenvalue weighted by molar-refractivity contribution is -0.118. The molecule has 0 aromatic heterocycles. The molecule has 3 N–H and O–H groups in total. The molecule has 0 bridgehead atoms. The van der Waals surface area contributed by atoms with Gasteiger partial charge in [-0.3, -0.25) is 13.9 Å². The Morgan fingerprint density at radius 2 is 1.56 bits per heavy atom. The number of nitrogens with two attached hydrogens (primary N) is 1. The minimum absolute atomic E-state index is 0.205. The van der Waals surface area contributed by atoms with Crippen molar-refractivity contribution in [3.8, 4) is 5.75 Å². The number of nitrogens with one attached hydrogen (secondary N) is 1. The van der Waals surface area contributed by atoms with E-state index in [-0.39, 0.29) is 19.1 Å². The summed E-state index contributed by atoms with van der Waals surface area (Å²) in [5.74, 6) is -0.517. The van der Waals surface area contributed by atoms with Crippen LogP contribution in [0.25, 0.3) is 0 Å². The Morgan fingerprint density at radius 3 is 2.12 bits per heavy atom. The average Bonchev–Trinajstić information content (AvgIpc) is 2.77. The van der Waals surface area contributed by atoms with Gasteiger partial charge in [0.25, 0.3) is 5.91 Å². The summed E-state index contributed by atoms with van der Waals surface area (Å²) >= 11 is 0. The highest BCUT2D eigenvalue weighted by Gasteiger charge is 2.18. The van der Waals surface area contributed by atoms with Gasteiger partial charge in [-0.25, -0.2) is 8.42 Å². The van der Waals surface area contributed by atoms with Crippen LogP contribution in [0, 0.1) is 0 Å². The maximum atomic E-state index is 12.3. The van der Waals surface area contributed by atoms with Crippen LogP contribution in [-0.2, 0) is 21.4 Å². The van der Waals surface area contributed by atoms with Crippen molar-refractivity contribution in [2.75, 3.05) is 22.5 Å². The Labute approximate surface area is 186 Å². The Bertz CT molecular complexity index is 1180. The molecule has 3 aromatic rings. The van der Waals surface area contributed by atoms with Crippen molar-refractivity contribution < 1.29 is 22.7 Å². The normalized spacial score (nSPS) is 10.9. The van der Waals surface area contributed by atoms with Gasteiger partial charge < -0.3 is 15.8 Å². The average molecular weight is 454 g/mol. The second-order valence-electron chi connectivity index (χ2n) is 7.03. The first-order valence-electron chi connectivity index (χ1n) is 9.66. The predicted molar refractivity (Wildman–Crippen MR) is 123 cm³/mol. The Hall–Kier alpha value is -3.85. The minimum atomic E-state index is -3.50. The van der Waals surface area contributed by atoms with Crippen LogP contribution in [0.15, 0.2) is 78.9 Å². The van der Waals surface area contributed by atoms with Crippen LogP contribution in [0.1, 0.15) is 15.9 Å². The molecule has 0 aliphatic heterocycles. The maximum Gasteiger partial charge on any atom is 0.262 e. The maximum absolute atomic E-state index is 12.3. The summed E-state index contributed by atoms with van der Waals surface area (Å²) in [4.78, 5) is 23.2. The third-order valence-electron chi connectivity index (χ3n) is 4.52. The molecule has 2 amide bonds. The summed E-state index contributed by atoms with van der Waals surface area (Å²) in [5, 5.41) is 2.65. The van der Waals surface area contributed by atoms with Crippen molar-refractivity contribution in [1.29, 1.82) is 0 Å². The number of rotatable bonds is 9. The number of nitrogens with zero attached hydrogens (tertiary/aromatic N) is 1. The lowest BCUT2D eigenvalue weighted by atomic mass is 10.2. The predicted octanol–water partition coefficient (Wildman–Crippen LogP) is 2.77. The van der Waals surface area contributed by atoms with Crippen molar-refractivity contribution >= 4 is 33.2 Å². The number of sulfonamides is 1. The first kappa shape index (κ1) is 22.8. The summed E-state index contributed by atoms with van der Waals surface area (Å²) in [5.41, 5.74) is 7.38. The number of carbonyl (C=O) groups is 2. The van der Waals surface area contributed by atoms with Crippen molar-refractivity contribution in [3.05, 3.63) is 90.0 Å². The summed E-state index contributed by atoms with van der Waals surface area (Å²) in [7, 11) is -3.50. The zero-order chi connectivity index (χ0) is 23.1. The standard InChI is InChI=1S/C23H23N3O5S/c1-32(29,30)26(15-17-5-3-2-4-6-17)20-11-13-21(14-12-20)31-16-22(27)25-19-9-7-18(8-10-19)23(24)28/h2-14H,15-16H2,1H3,(H2,24,28)(H,25,27).